The second-order valence-corrected chi connectivity index (χ2v) is 5.92. The predicted molar refractivity (Wildman–Crippen MR) is 85.5 cm³/mol. The molecule has 0 saturated carbocycles. The van der Waals surface area contributed by atoms with Crippen LogP contribution in [-0.4, -0.2) is 43.1 Å². The van der Waals surface area contributed by atoms with Crippen LogP contribution in [0.15, 0.2) is 30.3 Å². The van der Waals surface area contributed by atoms with E-state index in [2.05, 4.69) is 35.2 Å². The van der Waals surface area contributed by atoms with E-state index in [4.69, 9.17) is 16.3 Å². The lowest BCUT2D eigenvalue weighted by Crippen LogP contribution is -2.37. The Morgan fingerprint density at radius 2 is 1.85 bits per heavy atom. The van der Waals surface area contributed by atoms with Gasteiger partial charge < -0.3 is 9.64 Å². The summed E-state index contributed by atoms with van der Waals surface area (Å²) < 4.78 is 5.71. The Kier molecular flexibility index (Phi) is 7.42. The molecule has 0 radical (unpaired) electrons. The second-order valence-electron chi connectivity index (χ2n) is 5.54. The van der Waals surface area contributed by atoms with Crippen molar-refractivity contribution in [2.75, 3.05) is 32.1 Å². The zero-order valence-corrected chi connectivity index (χ0v) is 13.0. The molecule has 1 fully saturated rings. The third-order valence-corrected chi connectivity index (χ3v) is 4.15. The fraction of sp³-hybridized carbons (Fsp3) is 0.647. The Balaban J connectivity index is 1.53. The number of alkyl halides is 1. The summed E-state index contributed by atoms with van der Waals surface area (Å²) >= 11 is 5.65. The molecule has 0 atom stereocenters. The standard InChI is InChI=1S/C17H26ClNO/c18-11-15-20-17-9-13-19(14-10-17)12-5-4-8-16-6-2-1-3-7-16/h1-3,6-7,17H,4-5,8-15H2. The lowest BCUT2D eigenvalue weighted by atomic mass is 10.1. The molecule has 1 aromatic carbocycles. The molecule has 20 heavy (non-hydrogen) atoms. The number of nitrogens with zero attached hydrogens (tertiary/aromatic N) is 1. The molecule has 3 heteroatoms. The number of aryl methyl sites for hydroxylation is 1. The van der Waals surface area contributed by atoms with Gasteiger partial charge in [-0.05, 0) is 44.2 Å². The highest BCUT2D eigenvalue weighted by atomic mass is 35.5. The summed E-state index contributed by atoms with van der Waals surface area (Å²) in [5, 5.41) is 0. The van der Waals surface area contributed by atoms with Crippen LogP contribution in [0.5, 0.6) is 0 Å². The summed E-state index contributed by atoms with van der Waals surface area (Å²) in [6.07, 6.45) is 6.55. The van der Waals surface area contributed by atoms with E-state index in [9.17, 15) is 0 Å². The number of unbranched alkanes of at least 4 members (excludes halogenated alkanes) is 1. The third-order valence-electron chi connectivity index (χ3n) is 4.00. The fourth-order valence-electron chi connectivity index (χ4n) is 2.82. The molecule has 1 aliphatic heterocycles. The van der Waals surface area contributed by atoms with Crippen LogP contribution >= 0.6 is 11.6 Å². The Bertz CT molecular complexity index is 349. The first-order valence-electron chi connectivity index (χ1n) is 7.82. The van der Waals surface area contributed by atoms with Crippen LogP contribution in [0.1, 0.15) is 31.2 Å². The number of hydrogen-bond donors (Lipinski definition) is 0. The summed E-state index contributed by atoms with van der Waals surface area (Å²) in [4.78, 5) is 2.57. The van der Waals surface area contributed by atoms with Gasteiger partial charge in [0.25, 0.3) is 0 Å². The Morgan fingerprint density at radius 3 is 2.55 bits per heavy atom. The predicted octanol–water partition coefficient (Wildman–Crippen LogP) is 3.73. The summed E-state index contributed by atoms with van der Waals surface area (Å²) in [7, 11) is 0. The largest absolute Gasteiger partial charge is 0.377 e. The van der Waals surface area contributed by atoms with Gasteiger partial charge in [0.1, 0.15) is 0 Å². The van der Waals surface area contributed by atoms with Gasteiger partial charge in [0.2, 0.25) is 0 Å². The number of benzene rings is 1. The highest BCUT2D eigenvalue weighted by Crippen LogP contribution is 2.14. The molecule has 0 spiro atoms. The quantitative estimate of drug-likeness (QED) is 0.535. The second kappa shape index (κ2) is 9.38. The van der Waals surface area contributed by atoms with Crippen LogP contribution in [0.4, 0.5) is 0 Å². The molecule has 0 amide bonds. The van der Waals surface area contributed by atoms with Crippen molar-refractivity contribution in [1.82, 2.24) is 4.90 Å². The average molecular weight is 296 g/mol. The fourth-order valence-corrected chi connectivity index (χ4v) is 2.91. The maximum Gasteiger partial charge on any atom is 0.0605 e. The van der Waals surface area contributed by atoms with Crippen LogP contribution in [0, 0.1) is 0 Å². The Morgan fingerprint density at radius 1 is 1.10 bits per heavy atom. The maximum atomic E-state index is 5.71. The number of hydrogen-bond acceptors (Lipinski definition) is 2. The van der Waals surface area contributed by atoms with Crippen molar-refractivity contribution in [3.8, 4) is 0 Å². The lowest BCUT2D eigenvalue weighted by molar-refractivity contribution is 0.0150. The normalized spacial score (nSPS) is 17.4. The van der Waals surface area contributed by atoms with Crippen LogP contribution in [0.2, 0.25) is 0 Å². The van der Waals surface area contributed by atoms with E-state index in [1.54, 1.807) is 0 Å². The van der Waals surface area contributed by atoms with Crippen molar-refractivity contribution in [3.05, 3.63) is 35.9 Å². The van der Waals surface area contributed by atoms with E-state index in [1.165, 1.54) is 44.5 Å². The SMILES string of the molecule is ClCCOC1CCN(CCCCc2ccccc2)CC1. The molecular weight excluding hydrogens is 270 g/mol. The zero-order valence-electron chi connectivity index (χ0n) is 12.3. The van der Waals surface area contributed by atoms with Crippen molar-refractivity contribution < 1.29 is 4.74 Å². The Hall–Kier alpha value is -0.570. The van der Waals surface area contributed by atoms with Crippen LogP contribution in [-0.2, 0) is 11.2 Å². The molecular formula is C17H26ClNO. The number of likely N-dealkylation sites (tertiary alicyclic amines) is 1. The van der Waals surface area contributed by atoms with Gasteiger partial charge in [-0.1, -0.05) is 30.3 Å². The average Bonchev–Trinajstić information content (AvgIpc) is 2.52. The van der Waals surface area contributed by atoms with Crippen molar-refractivity contribution in [1.29, 1.82) is 0 Å². The molecule has 2 rings (SSSR count). The topological polar surface area (TPSA) is 12.5 Å². The first-order valence-corrected chi connectivity index (χ1v) is 8.36. The van der Waals surface area contributed by atoms with Gasteiger partial charge in [-0.15, -0.1) is 11.6 Å². The zero-order chi connectivity index (χ0) is 14.0. The van der Waals surface area contributed by atoms with E-state index in [-0.39, 0.29) is 0 Å². The smallest absolute Gasteiger partial charge is 0.0605 e. The third kappa shape index (κ3) is 5.82. The monoisotopic (exact) mass is 295 g/mol. The minimum atomic E-state index is 0.439. The van der Waals surface area contributed by atoms with Crippen LogP contribution in [0.25, 0.3) is 0 Å². The van der Waals surface area contributed by atoms with Gasteiger partial charge in [0.15, 0.2) is 0 Å². The van der Waals surface area contributed by atoms with E-state index >= 15 is 0 Å². The summed E-state index contributed by atoms with van der Waals surface area (Å²) in [6, 6.07) is 10.8. The highest BCUT2D eigenvalue weighted by Gasteiger charge is 2.18. The van der Waals surface area contributed by atoms with Gasteiger partial charge in [0.05, 0.1) is 12.7 Å². The van der Waals surface area contributed by atoms with Crippen molar-refractivity contribution in [2.45, 2.75) is 38.2 Å². The van der Waals surface area contributed by atoms with Crippen LogP contribution < -0.4 is 0 Å². The Labute approximate surface area is 128 Å². The van der Waals surface area contributed by atoms with E-state index < -0.39 is 0 Å². The van der Waals surface area contributed by atoms with Crippen molar-refractivity contribution >= 4 is 11.6 Å². The van der Waals surface area contributed by atoms with E-state index in [0.717, 1.165) is 12.8 Å². The van der Waals surface area contributed by atoms with Gasteiger partial charge in [-0.25, -0.2) is 0 Å². The molecule has 0 aromatic heterocycles. The number of piperidine rings is 1. The molecule has 1 heterocycles. The van der Waals surface area contributed by atoms with E-state index in [0.29, 0.717) is 18.6 Å². The summed E-state index contributed by atoms with van der Waals surface area (Å²) in [6.45, 7) is 4.29. The minimum Gasteiger partial charge on any atom is -0.377 e. The van der Waals surface area contributed by atoms with Gasteiger partial charge in [-0.2, -0.15) is 0 Å². The maximum absolute atomic E-state index is 5.71. The molecule has 1 saturated heterocycles. The molecule has 0 aliphatic carbocycles. The molecule has 0 N–H and O–H groups in total. The van der Waals surface area contributed by atoms with Crippen LogP contribution in [0.3, 0.4) is 0 Å². The first kappa shape index (κ1) is 15.8. The molecule has 0 bridgehead atoms. The van der Waals surface area contributed by atoms with E-state index in [1.807, 2.05) is 0 Å². The molecule has 2 nitrogen and oxygen atoms in total. The first-order chi connectivity index (χ1) is 9.88. The van der Waals surface area contributed by atoms with Gasteiger partial charge >= 0.3 is 0 Å². The summed E-state index contributed by atoms with van der Waals surface area (Å²) in [5.74, 6) is 0.611. The lowest BCUT2D eigenvalue weighted by Gasteiger charge is -2.31. The number of halogens is 1. The minimum absolute atomic E-state index is 0.439. The van der Waals surface area contributed by atoms with Gasteiger partial charge in [-0.3, -0.25) is 0 Å². The van der Waals surface area contributed by atoms with Crippen molar-refractivity contribution in [3.63, 3.8) is 0 Å². The molecule has 1 aromatic rings. The summed E-state index contributed by atoms with van der Waals surface area (Å²) in [5.41, 5.74) is 1.46. The van der Waals surface area contributed by atoms with Gasteiger partial charge in [0, 0.05) is 19.0 Å². The number of ether oxygens (including phenoxy) is 1. The van der Waals surface area contributed by atoms with Crippen molar-refractivity contribution in [2.24, 2.45) is 0 Å². The number of rotatable bonds is 8. The molecule has 1 aliphatic rings. The molecule has 0 unspecified atom stereocenters. The highest BCUT2D eigenvalue weighted by molar-refractivity contribution is 6.17. The molecule has 112 valence electrons.